The number of allylic oxidation sites excluding steroid dienone is 2. The normalized spacial score (nSPS) is 17.4. The third-order valence-electron chi connectivity index (χ3n) is 30.3. The van der Waals surface area contributed by atoms with E-state index in [0.717, 1.165) is 285 Å². The third kappa shape index (κ3) is 30.6. The maximum Gasteiger partial charge on any atom is 0.312 e. The van der Waals surface area contributed by atoms with Gasteiger partial charge in [0.25, 0.3) is 11.8 Å². The van der Waals surface area contributed by atoms with Gasteiger partial charge in [-0.05, 0) is 329 Å². The first kappa shape index (κ1) is 107. The molecule has 8 aromatic carbocycles. The molecule has 0 aromatic heterocycles. The summed E-state index contributed by atoms with van der Waals surface area (Å²) in [4.78, 5) is 92.6. The fourth-order valence-corrected chi connectivity index (χ4v) is 22.7. The van der Waals surface area contributed by atoms with Crippen LogP contribution in [0.2, 0.25) is 0 Å². The molecule has 2 N–H and O–H groups in total. The highest BCUT2D eigenvalue weighted by Gasteiger charge is 2.47. The van der Waals surface area contributed by atoms with E-state index in [0.29, 0.717) is 36.4 Å². The molecule has 8 fully saturated rings. The molecule has 18 heteroatoms. The SMILES string of the molecule is C=C(C)c1cc(C(=O)N(C)Cc2cccc(CCC3(C(=O)OC4CCCC4)CCCC3)c2)c(C)cc1OCc1ccccc1.C=C(C)c1cc(C(=O)N(C)Cc2cccc(CCC3(C(=O)OC4CCCC4)CCCC3)c2)c(O)cc1O.CCCc1cccc(CCC2(C(=O)OC3CCCC3)CCCC2)c1.O=C(OC1CCCC1)C1(CCc2cccc(CBr)c2)CCCC1.O=Cc1cccc(CBr)c1. The summed E-state index contributed by atoms with van der Waals surface area (Å²) in [5.74, 6) is 0.219. The van der Waals surface area contributed by atoms with Gasteiger partial charge in [-0.2, -0.15) is 0 Å². The van der Waals surface area contributed by atoms with E-state index in [1.165, 1.54) is 97.7 Å². The summed E-state index contributed by atoms with van der Waals surface area (Å²) in [6, 6.07) is 58.2. The number of halogens is 2. The van der Waals surface area contributed by atoms with Crippen LogP contribution in [0.4, 0.5) is 0 Å². The van der Waals surface area contributed by atoms with Crippen LogP contribution in [-0.2, 0) is 101 Å². The maximum absolute atomic E-state index is 13.7. The van der Waals surface area contributed by atoms with Gasteiger partial charge in [-0.1, -0.05) is 255 Å². The number of carbonyl (C=O) groups is 7. The molecule has 0 radical (unpaired) electrons. The summed E-state index contributed by atoms with van der Waals surface area (Å²) in [7, 11) is 3.54. The van der Waals surface area contributed by atoms with Gasteiger partial charge in [-0.25, -0.2) is 0 Å². The molecule has 8 aliphatic rings. The predicted molar refractivity (Wildman–Crippen MR) is 560 cm³/mol. The number of aromatic hydroxyl groups is 2. The van der Waals surface area contributed by atoms with E-state index in [-0.39, 0.29) is 98.8 Å². The predicted octanol–water partition coefficient (Wildman–Crippen LogP) is 28.8. The second-order valence-corrected chi connectivity index (χ2v) is 42.2. The summed E-state index contributed by atoms with van der Waals surface area (Å²) >= 11 is 6.82. The molecule has 0 atom stereocenters. The van der Waals surface area contributed by atoms with E-state index in [1.807, 2.05) is 93.7 Å². The number of benzene rings is 8. The van der Waals surface area contributed by atoms with Crippen molar-refractivity contribution in [1.82, 2.24) is 9.80 Å². The molecule has 16 nitrogen and oxygen atoms in total. The van der Waals surface area contributed by atoms with Crippen LogP contribution in [0.1, 0.15) is 362 Å². The lowest BCUT2D eigenvalue weighted by molar-refractivity contribution is -0.162. The van der Waals surface area contributed by atoms with Gasteiger partial charge in [0.1, 0.15) is 54.6 Å². The van der Waals surface area contributed by atoms with Crippen molar-refractivity contribution in [3.05, 3.63) is 278 Å². The lowest BCUT2D eigenvalue weighted by atomic mass is 9.80. The highest BCUT2D eigenvalue weighted by Crippen LogP contribution is 2.49. The zero-order valence-electron chi connectivity index (χ0n) is 83.2. The van der Waals surface area contributed by atoms with Crippen LogP contribution >= 0.6 is 31.9 Å². The highest BCUT2D eigenvalue weighted by atomic mass is 79.9. The molecule has 8 aromatic rings. The molecular formula is C120H152Br2N2O14. The van der Waals surface area contributed by atoms with Crippen molar-refractivity contribution in [3.8, 4) is 17.2 Å². The third-order valence-corrected chi connectivity index (χ3v) is 31.6. The van der Waals surface area contributed by atoms with Gasteiger partial charge in [0, 0.05) is 66.2 Å². The summed E-state index contributed by atoms with van der Waals surface area (Å²) < 4.78 is 29.9. The number of phenols is 2. The van der Waals surface area contributed by atoms with Crippen LogP contribution in [0.3, 0.4) is 0 Å². The number of amides is 2. The first-order valence-corrected chi connectivity index (χ1v) is 54.0. The molecule has 0 heterocycles. The first-order chi connectivity index (χ1) is 66.7. The zero-order chi connectivity index (χ0) is 98.0. The van der Waals surface area contributed by atoms with Gasteiger partial charge in [-0.3, -0.25) is 33.6 Å². The standard InChI is InChI=1S/C39H47NO4.C31H39NO5.C22H32O2.C20H27BrO2.C8H7BrO/c1-28(2)34-25-35(29(3)23-36(34)43-27-31-13-6-5-7-14-31)37(41)40(4)26-32-16-12-15-30(24-32)19-22-39(20-10-11-21-39)38(42)44-33-17-8-9-18-33;1-21(2)25-18-26(28(34)19-27(25)33)29(35)32(3)20-23-10-8-9-22(17-23)13-16-31(14-6-7-15-31)30(36)37-24-11-4-5-12-24;1-2-8-18-9-7-10-19(17-18)13-16-22(14-5-6-15-22)21(23)24-20-11-3-4-12-20;21-15-17-7-5-6-16(14-17)10-13-20(11-3-4-12-20)19(22)23-18-8-1-2-9-18;9-5-7-2-1-3-8(4-7)6-10/h5-7,12-16,23-25,33H,1,8-11,17-22,26-27H2,2-4H3;8-10,17-19,24,33-34H,1,4-7,11-16,20H2,2-3H3;7,9-10,17,20H,2-6,8,11-16H2,1H3;5-7,14,18H,1-4,8-13,15H2;1-4,6H,5H2. The number of phenolic OH excluding ortho intramolecular Hbond substituents is 2. The van der Waals surface area contributed by atoms with E-state index in [9.17, 15) is 43.8 Å². The zero-order valence-corrected chi connectivity index (χ0v) is 86.4. The summed E-state index contributed by atoms with van der Waals surface area (Å²) in [6.45, 7) is 17.1. The lowest BCUT2D eigenvalue weighted by Crippen LogP contribution is -2.33. The van der Waals surface area contributed by atoms with E-state index < -0.39 is 0 Å². The Labute approximate surface area is 839 Å². The van der Waals surface area contributed by atoms with E-state index in [1.54, 1.807) is 29.8 Å². The van der Waals surface area contributed by atoms with E-state index in [4.69, 9.17) is 23.7 Å². The van der Waals surface area contributed by atoms with Crippen molar-refractivity contribution in [2.45, 2.75) is 352 Å². The topological polar surface area (TPSA) is 213 Å². The van der Waals surface area contributed by atoms with Crippen LogP contribution in [-0.4, -0.2) is 101 Å². The Hall–Kier alpha value is -9.91. The number of alkyl halides is 2. The quantitative estimate of drug-likeness (QED) is 0.0162. The van der Waals surface area contributed by atoms with Gasteiger partial charge in [0.15, 0.2) is 0 Å². The minimum absolute atomic E-state index is 0.00113. The highest BCUT2D eigenvalue weighted by molar-refractivity contribution is 9.08. The average Bonchev–Trinajstić information content (AvgIpc) is 1.80. The number of ether oxygens (including phenoxy) is 5. The van der Waals surface area contributed by atoms with E-state index >= 15 is 0 Å². The Kier molecular flexibility index (Phi) is 41.1. The molecule has 0 saturated heterocycles. The second kappa shape index (κ2) is 53.1. The van der Waals surface area contributed by atoms with Crippen molar-refractivity contribution >= 4 is 85.0 Å². The summed E-state index contributed by atoms with van der Waals surface area (Å²) in [5.41, 5.74) is 16.0. The number of esters is 4. The maximum atomic E-state index is 13.7. The number of aldehydes is 1. The Balaban J connectivity index is 0.000000164. The van der Waals surface area contributed by atoms with Gasteiger partial charge in [0.05, 0.1) is 27.2 Å². The Morgan fingerprint density at radius 2 is 0.674 bits per heavy atom. The molecule has 2 amide bonds. The van der Waals surface area contributed by atoms with Gasteiger partial charge < -0.3 is 43.7 Å². The minimum atomic E-state index is -0.372. The van der Waals surface area contributed by atoms with Gasteiger partial charge >= 0.3 is 23.9 Å². The molecule has 8 saturated carbocycles. The van der Waals surface area contributed by atoms with E-state index in [2.05, 4.69) is 137 Å². The average molecular weight is 2010 g/mol. The van der Waals surface area contributed by atoms with Crippen LogP contribution in [0, 0.1) is 28.6 Å². The molecule has 0 spiro atoms. The van der Waals surface area contributed by atoms with Crippen molar-refractivity contribution in [1.29, 1.82) is 0 Å². The molecule has 8 aliphatic carbocycles. The molecule has 0 aliphatic heterocycles. The van der Waals surface area contributed by atoms with Crippen LogP contribution in [0.25, 0.3) is 11.1 Å². The minimum Gasteiger partial charge on any atom is -0.507 e. The molecule has 16 rings (SSSR count). The molecular weight excluding hydrogens is 1850 g/mol. The fourth-order valence-electron chi connectivity index (χ4n) is 22.0. The fraction of sp³-hybridized carbons (Fsp3) is 0.508. The number of carbonyl (C=O) groups excluding carboxylic acids is 7. The first-order valence-electron chi connectivity index (χ1n) is 51.7. The monoisotopic (exact) mass is 2000 g/mol. The molecule has 138 heavy (non-hydrogen) atoms. The van der Waals surface area contributed by atoms with Crippen molar-refractivity contribution in [3.63, 3.8) is 0 Å². The summed E-state index contributed by atoms with van der Waals surface area (Å²) in [6.07, 6.45) is 45.4. The number of nitrogens with zero attached hydrogens (tertiary/aromatic N) is 2. The Morgan fingerprint density at radius 3 is 1.03 bits per heavy atom. The van der Waals surface area contributed by atoms with Gasteiger partial charge in [0.2, 0.25) is 0 Å². The molecule has 740 valence electrons. The van der Waals surface area contributed by atoms with Crippen LogP contribution in [0.15, 0.2) is 189 Å². The van der Waals surface area contributed by atoms with Gasteiger partial charge in [-0.15, -0.1) is 0 Å². The van der Waals surface area contributed by atoms with Crippen molar-refractivity contribution in [2.24, 2.45) is 21.7 Å². The number of rotatable bonds is 36. The number of hydrogen-bond acceptors (Lipinski definition) is 14. The van der Waals surface area contributed by atoms with Crippen LogP contribution in [0.5, 0.6) is 17.2 Å². The Morgan fingerprint density at radius 1 is 0.370 bits per heavy atom. The molecule has 0 bridgehead atoms. The summed E-state index contributed by atoms with van der Waals surface area (Å²) in [5, 5.41) is 22.0. The number of hydrogen-bond donors (Lipinski definition) is 2. The lowest BCUT2D eigenvalue weighted by Gasteiger charge is -2.28. The smallest absolute Gasteiger partial charge is 0.312 e. The van der Waals surface area contributed by atoms with Crippen molar-refractivity contribution in [2.75, 3.05) is 14.1 Å². The second-order valence-electron chi connectivity index (χ2n) is 41.1. The number of aryl methyl sites for hydroxylation is 6. The Bertz CT molecular complexity index is 5340. The molecule has 0 unspecified atom stereocenters. The van der Waals surface area contributed by atoms with Crippen LogP contribution < -0.4 is 4.74 Å². The van der Waals surface area contributed by atoms with Crippen molar-refractivity contribution < 1.29 is 67.5 Å². The largest absolute Gasteiger partial charge is 0.507 e.